The van der Waals surface area contributed by atoms with Crippen LogP contribution in [0, 0.1) is 0 Å². The summed E-state index contributed by atoms with van der Waals surface area (Å²) in [5, 5.41) is 3.12. The van der Waals surface area contributed by atoms with E-state index in [1.807, 2.05) is 0 Å². The first-order chi connectivity index (χ1) is 7.24. The monoisotopic (exact) mass is 248 g/mol. The SMILES string of the molecule is C=CCN(C)C(=O)CNCC1CCCO1.Cl. The molecule has 0 radical (unpaired) electrons. The van der Waals surface area contributed by atoms with Gasteiger partial charge in [-0.15, -0.1) is 19.0 Å². The minimum Gasteiger partial charge on any atom is -0.377 e. The lowest BCUT2D eigenvalue weighted by Gasteiger charge is -2.16. The van der Waals surface area contributed by atoms with Gasteiger partial charge >= 0.3 is 0 Å². The van der Waals surface area contributed by atoms with Gasteiger partial charge in [0, 0.05) is 26.7 Å². The van der Waals surface area contributed by atoms with Crippen molar-refractivity contribution in [3.05, 3.63) is 12.7 Å². The van der Waals surface area contributed by atoms with E-state index in [-0.39, 0.29) is 18.3 Å². The fourth-order valence-corrected chi connectivity index (χ4v) is 1.58. The molecule has 0 aliphatic carbocycles. The van der Waals surface area contributed by atoms with Crippen LogP contribution in [-0.2, 0) is 9.53 Å². The molecule has 1 unspecified atom stereocenters. The van der Waals surface area contributed by atoms with Gasteiger partial charge in [0.2, 0.25) is 5.91 Å². The molecule has 1 N–H and O–H groups in total. The molecular weight excluding hydrogens is 228 g/mol. The number of nitrogens with one attached hydrogen (secondary N) is 1. The van der Waals surface area contributed by atoms with E-state index in [9.17, 15) is 4.79 Å². The highest BCUT2D eigenvalue weighted by molar-refractivity contribution is 5.85. The van der Waals surface area contributed by atoms with E-state index >= 15 is 0 Å². The first-order valence-corrected chi connectivity index (χ1v) is 5.41. The topological polar surface area (TPSA) is 41.6 Å². The maximum absolute atomic E-state index is 11.5. The summed E-state index contributed by atoms with van der Waals surface area (Å²) < 4.78 is 5.44. The van der Waals surface area contributed by atoms with Crippen LogP contribution in [0.2, 0.25) is 0 Å². The number of ether oxygens (including phenoxy) is 1. The summed E-state index contributed by atoms with van der Waals surface area (Å²) in [6.07, 6.45) is 4.25. The third-order valence-electron chi connectivity index (χ3n) is 2.50. The number of hydrogen-bond acceptors (Lipinski definition) is 3. The highest BCUT2D eigenvalue weighted by atomic mass is 35.5. The average molecular weight is 249 g/mol. The van der Waals surface area contributed by atoms with Crippen molar-refractivity contribution in [2.75, 3.05) is 33.3 Å². The third-order valence-corrected chi connectivity index (χ3v) is 2.50. The Morgan fingerprint density at radius 3 is 3.00 bits per heavy atom. The first kappa shape index (κ1) is 15.4. The minimum absolute atomic E-state index is 0. The van der Waals surface area contributed by atoms with Crippen LogP contribution in [0.1, 0.15) is 12.8 Å². The Labute approximate surface area is 103 Å². The molecule has 1 heterocycles. The van der Waals surface area contributed by atoms with E-state index in [4.69, 9.17) is 4.74 Å². The zero-order valence-electron chi connectivity index (χ0n) is 9.78. The van der Waals surface area contributed by atoms with Gasteiger partial charge in [-0.1, -0.05) is 6.08 Å². The largest absolute Gasteiger partial charge is 0.377 e. The van der Waals surface area contributed by atoms with Crippen molar-refractivity contribution in [2.24, 2.45) is 0 Å². The molecule has 4 nitrogen and oxygen atoms in total. The molecule has 1 aliphatic rings. The van der Waals surface area contributed by atoms with Crippen LogP contribution >= 0.6 is 12.4 Å². The molecule has 0 aromatic heterocycles. The van der Waals surface area contributed by atoms with Crippen LogP contribution in [0.4, 0.5) is 0 Å². The summed E-state index contributed by atoms with van der Waals surface area (Å²) in [5.41, 5.74) is 0. The Bertz CT molecular complexity index is 218. The first-order valence-electron chi connectivity index (χ1n) is 5.41. The Kier molecular flexibility index (Phi) is 8.25. The fourth-order valence-electron chi connectivity index (χ4n) is 1.58. The van der Waals surface area contributed by atoms with Crippen molar-refractivity contribution < 1.29 is 9.53 Å². The Morgan fingerprint density at radius 2 is 2.44 bits per heavy atom. The number of rotatable bonds is 6. The molecule has 16 heavy (non-hydrogen) atoms. The van der Waals surface area contributed by atoms with Gasteiger partial charge in [-0.05, 0) is 12.8 Å². The second-order valence-electron chi connectivity index (χ2n) is 3.83. The van der Waals surface area contributed by atoms with Crippen LogP contribution in [0.5, 0.6) is 0 Å². The van der Waals surface area contributed by atoms with Gasteiger partial charge in [0.05, 0.1) is 12.6 Å². The molecular formula is C11H21ClN2O2. The summed E-state index contributed by atoms with van der Waals surface area (Å²) in [6.45, 7) is 6.20. The van der Waals surface area contributed by atoms with Gasteiger partial charge in [-0.3, -0.25) is 4.79 Å². The van der Waals surface area contributed by atoms with Crippen molar-refractivity contribution in [1.82, 2.24) is 10.2 Å². The van der Waals surface area contributed by atoms with Gasteiger partial charge in [-0.2, -0.15) is 0 Å². The van der Waals surface area contributed by atoms with Crippen molar-refractivity contribution in [3.63, 3.8) is 0 Å². The normalized spacial score (nSPS) is 18.9. The summed E-state index contributed by atoms with van der Waals surface area (Å²) >= 11 is 0. The fraction of sp³-hybridized carbons (Fsp3) is 0.727. The van der Waals surface area contributed by atoms with Crippen LogP contribution in [0.15, 0.2) is 12.7 Å². The zero-order valence-corrected chi connectivity index (χ0v) is 10.6. The molecule has 1 amide bonds. The van der Waals surface area contributed by atoms with E-state index < -0.39 is 0 Å². The zero-order chi connectivity index (χ0) is 11.1. The summed E-state index contributed by atoms with van der Waals surface area (Å²) in [5.74, 6) is 0.0906. The number of nitrogens with zero attached hydrogens (tertiary/aromatic N) is 1. The molecule has 1 saturated heterocycles. The van der Waals surface area contributed by atoms with Gasteiger partial charge in [-0.25, -0.2) is 0 Å². The second kappa shape index (κ2) is 8.56. The molecule has 1 atom stereocenters. The molecule has 0 aromatic carbocycles. The lowest BCUT2D eigenvalue weighted by Crippen LogP contribution is -2.38. The van der Waals surface area contributed by atoms with Crippen LogP contribution in [0.3, 0.4) is 0 Å². The van der Waals surface area contributed by atoms with E-state index in [0.29, 0.717) is 19.2 Å². The molecule has 5 heteroatoms. The van der Waals surface area contributed by atoms with Crippen LogP contribution in [0.25, 0.3) is 0 Å². The Morgan fingerprint density at radius 1 is 1.69 bits per heavy atom. The molecule has 1 aliphatic heterocycles. The highest BCUT2D eigenvalue weighted by Crippen LogP contribution is 2.10. The summed E-state index contributed by atoms with van der Waals surface area (Å²) in [4.78, 5) is 13.1. The molecule has 1 fully saturated rings. The van der Waals surface area contributed by atoms with Gasteiger partial charge < -0.3 is 15.0 Å². The Hall–Kier alpha value is -0.580. The summed E-state index contributed by atoms with van der Waals surface area (Å²) in [6, 6.07) is 0. The second-order valence-corrected chi connectivity index (χ2v) is 3.83. The number of hydrogen-bond donors (Lipinski definition) is 1. The van der Waals surface area contributed by atoms with E-state index in [0.717, 1.165) is 26.0 Å². The van der Waals surface area contributed by atoms with Crippen molar-refractivity contribution in [3.8, 4) is 0 Å². The maximum Gasteiger partial charge on any atom is 0.236 e. The van der Waals surface area contributed by atoms with E-state index in [1.54, 1.807) is 18.0 Å². The molecule has 1 rings (SSSR count). The van der Waals surface area contributed by atoms with Gasteiger partial charge in [0.15, 0.2) is 0 Å². The number of carbonyl (C=O) groups excluding carboxylic acids is 1. The summed E-state index contributed by atoms with van der Waals surface area (Å²) in [7, 11) is 1.78. The van der Waals surface area contributed by atoms with Crippen molar-refractivity contribution in [2.45, 2.75) is 18.9 Å². The van der Waals surface area contributed by atoms with Crippen LogP contribution < -0.4 is 5.32 Å². The quantitative estimate of drug-likeness (QED) is 0.708. The molecule has 0 spiro atoms. The highest BCUT2D eigenvalue weighted by Gasteiger charge is 2.15. The number of carbonyl (C=O) groups is 1. The van der Waals surface area contributed by atoms with Gasteiger partial charge in [0.25, 0.3) is 0 Å². The predicted octanol–water partition coefficient (Wildman–Crippen LogP) is 0.821. The van der Waals surface area contributed by atoms with E-state index in [2.05, 4.69) is 11.9 Å². The molecule has 0 bridgehead atoms. The molecule has 0 aromatic rings. The third kappa shape index (κ3) is 5.49. The Balaban J connectivity index is 0.00000225. The predicted molar refractivity (Wildman–Crippen MR) is 66.9 cm³/mol. The lowest BCUT2D eigenvalue weighted by atomic mass is 10.2. The smallest absolute Gasteiger partial charge is 0.236 e. The van der Waals surface area contributed by atoms with E-state index in [1.165, 1.54) is 0 Å². The average Bonchev–Trinajstić information content (AvgIpc) is 2.71. The maximum atomic E-state index is 11.5. The minimum atomic E-state index is 0. The standard InChI is InChI=1S/C11H20N2O2.ClH/c1-3-6-13(2)11(14)9-12-8-10-5-4-7-15-10;/h3,10,12H,1,4-9H2,2H3;1H. The lowest BCUT2D eigenvalue weighted by molar-refractivity contribution is -0.128. The van der Waals surface area contributed by atoms with Gasteiger partial charge in [0.1, 0.15) is 0 Å². The molecule has 0 saturated carbocycles. The van der Waals surface area contributed by atoms with Crippen LogP contribution in [-0.4, -0.2) is 50.2 Å². The van der Waals surface area contributed by atoms with Crippen molar-refractivity contribution in [1.29, 1.82) is 0 Å². The number of amides is 1. The number of halogens is 1. The molecule has 94 valence electrons. The number of likely N-dealkylation sites (N-methyl/N-ethyl adjacent to an activating group) is 1. The van der Waals surface area contributed by atoms with Crippen molar-refractivity contribution >= 4 is 18.3 Å².